The third kappa shape index (κ3) is 2.01. The Morgan fingerprint density at radius 1 is 1.33 bits per heavy atom. The standard InChI is InChI=1S/C15H19NO2/c1-9-7-13-11(8-14(17)18)5-6-12(13)10(2)15(9)16(3)4/h7-8H,5-6H2,1-4H3,(H,17,18)/b11-8-. The Morgan fingerprint density at radius 3 is 2.56 bits per heavy atom. The minimum Gasteiger partial charge on any atom is -0.478 e. The van der Waals surface area contributed by atoms with Crippen molar-refractivity contribution in [1.29, 1.82) is 0 Å². The van der Waals surface area contributed by atoms with Gasteiger partial charge in [-0.2, -0.15) is 0 Å². The van der Waals surface area contributed by atoms with E-state index in [0.717, 1.165) is 24.0 Å². The first-order valence-corrected chi connectivity index (χ1v) is 6.16. The number of aliphatic carboxylic acids is 1. The van der Waals surface area contributed by atoms with Crippen LogP contribution in [-0.2, 0) is 11.2 Å². The van der Waals surface area contributed by atoms with Crippen LogP contribution in [0.2, 0.25) is 0 Å². The first kappa shape index (κ1) is 12.7. The molecule has 1 aromatic rings. The average Bonchev–Trinajstić information content (AvgIpc) is 2.60. The van der Waals surface area contributed by atoms with E-state index in [-0.39, 0.29) is 0 Å². The van der Waals surface area contributed by atoms with E-state index in [1.165, 1.54) is 28.5 Å². The second-order valence-electron chi connectivity index (χ2n) is 5.10. The number of carboxylic acid groups (broad SMARTS) is 1. The lowest BCUT2D eigenvalue weighted by molar-refractivity contribution is -0.131. The van der Waals surface area contributed by atoms with Gasteiger partial charge in [0.15, 0.2) is 0 Å². The number of hydrogen-bond acceptors (Lipinski definition) is 2. The SMILES string of the molecule is Cc1cc2c(c(C)c1N(C)C)CC/C2=C/C(=O)O. The molecule has 1 N–H and O–H groups in total. The van der Waals surface area contributed by atoms with E-state index in [1.807, 2.05) is 14.1 Å². The Morgan fingerprint density at radius 2 is 2.00 bits per heavy atom. The highest BCUT2D eigenvalue weighted by atomic mass is 16.4. The van der Waals surface area contributed by atoms with E-state index in [0.29, 0.717) is 0 Å². The largest absolute Gasteiger partial charge is 0.478 e. The van der Waals surface area contributed by atoms with Crippen molar-refractivity contribution in [3.8, 4) is 0 Å². The molecular weight excluding hydrogens is 226 g/mol. The van der Waals surface area contributed by atoms with Gasteiger partial charge in [0, 0.05) is 25.9 Å². The summed E-state index contributed by atoms with van der Waals surface area (Å²) in [6.45, 7) is 4.21. The molecule has 0 atom stereocenters. The molecule has 1 aromatic carbocycles. The number of benzene rings is 1. The Kier molecular flexibility index (Phi) is 3.16. The Balaban J connectivity index is 2.61. The topological polar surface area (TPSA) is 40.5 Å². The minimum atomic E-state index is -0.857. The maximum Gasteiger partial charge on any atom is 0.328 e. The van der Waals surface area contributed by atoms with E-state index in [4.69, 9.17) is 5.11 Å². The fourth-order valence-corrected chi connectivity index (χ4v) is 3.00. The van der Waals surface area contributed by atoms with Gasteiger partial charge < -0.3 is 10.0 Å². The number of carbonyl (C=O) groups is 1. The summed E-state index contributed by atoms with van der Waals surface area (Å²) in [6, 6.07) is 2.12. The van der Waals surface area contributed by atoms with Crippen molar-refractivity contribution in [2.24, 2.45) is 0 Å². The molecule has 2 rings (SSSR count). The first-order chi connectivity index (χ1) is 8.41. The zero-order valence-corrected chi connectivity index (χ0v) is 11.4. The average molecular weight is 245 g/mol. The van der Waals surface area contributed by atoms with E-state index >= 15 is 0 Å². The number of carboxylic acids is 1. The van der Waals surface area contributed by atoms with Crippen molar-refractivity contribution in [3.05, 3.63) is 34.4 Å². The van der Waals surface area contributed by atoms with Crippen LogP contribution in [0.15, 0.2) is 12.1 Å². The van der Waals surface area contributed by atoms with Crippen molar-refractivity contribution in [2.75, 3.05) is 19.0 Å². The Bertz CT molecular complexity index is 542. The molecule has 0 unspecified atom stereocenters. The van der Waals surface area contributed by atoms with E-state index in [9.17, 15) is 4.79 Å². The van der Waals surface area contributed by atoms with Crippen LogP contribution in [0.25, 0.3) is 5.57 Å². The Labute approximate surface area is 108 Å². The molecule has 0 saturated heterocycles. The molecule has 0 aliphatic heterocycles. The van der Waals surface area contributed by atoms with Crippen molar-refractivity contribution >= 4 is 17.2 Å². The van der Waals surface area contributed by atoms with Gasteiger partial charge in [-0.15, -0.1) is 0 Å². The second-order valence-corrected chi connectivity index (χ2v) is 5.10. The van der Waals surface area contributed by atoms with Crippen LogP contribution in [0.4, 0.5) is 5.69 Å². The number of nitrogens with zero attached hydrogens (tertiary/aromatic N) is 1. The Hall–Kier alpha value is -1.77. The fourth-order valence-electron chi connectivity index (χ4n) is 3.00. The minimum absolute atomic E-state index is 0.832. The maximum absolute atomic E-state index is 10.8. The van der Waals surface area contributed by atoms with Crippen LogP contribution in [0, 0.1) is 13.8 Å². The molecule has 0 saturated carbocycles. The molecule has 0 aromatic heterocycles. The molecule has 18 heavy (non-hydrogen) atoms. The third-order valence-electron chi connectivity index (χ3n) is 3.60. The molecule has 0 amide bonds. The molecule has 0 fully saturated rings. The predicted octanol–water partition coefficient (Wildman–Crippen LogP) is 2.78. The summed E-state index contributed by atoms with van der Waals surface area (Å²) >= 11 is 0. The summed E-state index contributed by atoms with van der Waals surface area (Å²) < 4.78 is 0. The molecule has 1 aliphatic rings. The van der Waals surface area contributed by atoms with Gasteiger partial charge in [-0.05, 0) is 60.6 Å². The highest BCUT2D eigenvalue weighted by molar-refractivity contribution is 5.92. The maximum atomic E-state index is 10.8. The lowest BCUT2D eigenvalue weighted by Crippen LogP contribution is -2.13. The quantitative estimate of drug-likeness (QED) is 0.814. The predicted molar refractivity (Wildman–Crippen MR) is 74.2 cm³/mol. The fraction of sp³-hybridized carbons (Fsp3) is 0.400. The zero-order valence-electron chi connectivity index (χ0n) is 11.4. The van der Waals surface area contributed by atoms with Crippen molar-refractivity contribution in [1.82, 2.24) is 0 Å². The number of hydrogen-bond donors (Lipinski definition) is 1. The summed E-state index contributed by atoms with van der Waals surface area (Å²) in [7, 11) is 4.09. The van der Waals surface area contributed by atoms with Crippen molar-refractivity contribution in [3.63, 3.8) is 0 Å². The first-order valence-electron chi connectivity index (χ1n) is 6.16. The highest BCUT2D eigenvalue weighted by Gasteiger charge is 2.22. The molecule has 3 heteroatoms. The van der Waals surface area contributed by atoms with Gasteiger partial charge in [0.05, 0.1) is 0 Å². The van der Waals surface area contributed by atoms with Crippen LogP contribution in [0.5, 0.6) is 0 Å². The van der Waals surface area contributed by atoms with Crippen LogP contribution in [0.3, 0.4) is 0 Å². The van der Waals surface area contributed by atoms with Gasteiger partial charge in [-0.25, -0.2) is 4.79 Å². The summed E-state index contributed by atoms with van der Waals surface area (Å²) in [5, 5.41) is 8.90. The molecule has 96 valence electrons. The molecule has 3 nitrogen and oxygen atoms in total. The van der Waals surface area contributed by atoms with Gasteiger partial charge in [0.25, 0.3) is 0 Å². The number of aryl methyl sites for hydroxylation is 1. The summed E-state index contributed by atoms with van der Waals surface area (Å²) in [5.74, 6) is -0.857. The lowest BCUT2D eigenvalue weighted by Gasteiger charge is -2.21. The molecular formula is C15H19NO2. The van der Waals surface area contributed by atoms with Crippen molar-refractivity contribution in [2.45, 2.75) is 26.7 Å². The smallest absolute Gasteiger partial charge is 0.328 e. The third-order valence-corrected chi connectivity index (χ3v) is 3.60. The normalized spacial score (nSPS) is 15.9. The number of anilines is 1. The van der Waals surface area contributed by atoms with Gasteiger partial charge in [-0.3, -0.25) is 0 Å². The number of allylic oxidation sites excluding steroid dienone is 1. The summed E-state index contributed by atoms with van der Waals surface area (Å²) in [5.41, 5.74) is 7.12. The monoisotopic (exact) mass is 245 g/mol. The zero-order chi connectivity index (χ0) is 13.4. The second kappa shape index (κ2) is 4.48. The van der Waals surface area contributed by atoms with Crippen LogP contribution in [0.1, 0.15) is 28.7 Å². The molecule has 1 aliphatic carbocycles. The summed E-state index contributed by atoms with van der Waals surface area (Å²) in [6.07, 6.45) is 3.13. The van der Waals surface area contributed by atoms with E-state index in [2.05, 4.69) is 24.8 Å². The summed E-state index contributed by atoms with van der Waals surface area (Å²) in [4.78, 5) is 13.0. The molecule has 0 bridgehead atoms. The number of rotatable bonds is 2. The lowest BCUT2D eigenvalue weighted by atomic mass is 9.96. The van der Waals surface area contributed by atoms with Crippen LogP contribution in [-0.4, -0.2) is 25.2 Å². The van der Waals surface area contributed by atoms with Gasteiger partial charge >= 0.3 is 5.97 Å². The van der Waals surface area contributed by atoms with Crippen LogP contribution < -0.4 is 4.90 Å². The van der Waals surface area contributed by atoms with Crippen molar-refractivity contribution < 1.29 is 9.90 Å². The highest BCUT2D eigenvalue weighted by Crippen LogP contribution is 2.39. The van der Waals surface area contributed by atoms with E-state index in [1.54, 1.807) is 0 Å². The molecule has 0 radical (unpaired) electrons. The van der Waals surface area contributed by atoms with Gasteiger partial charge in [0.1, 0.15) is 0 Å². The molecule has 0 spiro atoms. The van der Waals surface area contributed by atoms with Crippen LogP contribution >= 0.6 is 0 Å². The van der Waals surface area contributed by atoms with Gasteiger partial charge in [-0.1, -0.05) is 0 Å². The van der Waals surface area contributed by atoms with E-state index < -0.39 is 5.97 Å². The number of fused-ring (bicyclic) bond motifs is 1. The van der Waals surface area contributed by atoms with Gasteiger partial charge in [0.2, 0.25) is 0 Å². The molecule has 0 heterocycles.